The SMILES string of the molecule is CCCCCC(=O)OCCCc1cccc(C)n1. The van der Waals surface area contributed by atoms with Crippen LogP contribution in [0.4, 0.5) is 0 Å². The topological polar surface area (TPSA) is 39.2 Å². The summed E-state index contributed by atoms with van der Waals surface area (Å²) in [6.07, 6.45) is 5.43. The third-order valence-corrected chi connectivity index (χ3v) is 2.77. The summed E-state index contributed by atoms with van der Waals surface area (Å²) in [6.45, 7) is 4.61. The minimum Gasteiger partial charge on any atom is -0.466 e. The van der Waals surface area contributed by atoms with E-state index < -0.39 is 0 Å². The molecule has 0 saturated carbocycles. The third-order valence-electron chi connectivity index (χ3n) is 2.77. The normalized spacial score (nSPS) is 10.3. The molecule has 0 bridgehead atoms. The highest BCUT2D eigenvalue weighted by molar-refractivity contribution is 5.69. The third kappa shape index (κ3) is 6.38. The summed E-state index contributed by atoms with van der Waals surface area (Å²) in [4.78, 5) is 15.8. The molecule has 3 nitrogen and oxygen atoms in total. The van der Waals surface area contributed by atoms with Crippen LogP contribution in [0.25, 0.3) is 0 Å². The first kappa shape index (κ1) is 14.7. The number of aryl methyl sites for hydroxylation is 2. The predicted molar refractivity (Wildman–Crippen MR) is 72.4 cm³/mol. The van der Waals surface area contributed by atoms with Crippen molar-refractivity contribution in [3.8, 4) is 0 Å². The Morgan fingerprint density at radius 2 is 2.11 bits per heavy atom. The number of unbranched alkanes of at least 4 members (excludes halogenated alkanes) is 2. The number of ether oxygens (including phenoxy) is 1. The van der Waals surface area contributed by atoms with Crippen molar-refractivity contribution < 1.29 is 9.53 Å². The van der Waals surface area contributed by atoms with Crippen LogP contribution >= 0.6 is 0 Å². The van der Waals surface area contributed by atoms with Crippen molar-refractivity contribution in [1.29, 1.82) is 0 Å². The number of rotatable bonds is 8. The monoisotopic (exact) mass is 249 g/mol. The fourth-order valence-electron chi connectivity index (χ4n) is 1.77. The lowest BCUT2D eigenvalue weighted by Gasteiger charge is -2.05. The largest absolute Gasteiger partial charge is 0.466 e. The van der Waals surface area contributed by atoms with Gasteiger partial charge in [-0.1, -0.05) is 25.8 Å². The molecule has 3 heteroatoms. The number of hydrogen-bond donors (Lipinski definition) is 0. The van der Waals surface area contributed by atoms with E-state index in [4.69, 9.17) is 4.74 Å². The number of pyridine rings is 1. The molecule has 0 aromatic carbocycles. The van der Waals surface area contributed by atoms with Crippen molar-refractivity contribution in [1.82, 2.24) is 4.98 Å². The first-order valence-corrected chi connectivity index (χ1v) is 6.80. The highest BCUT2D eigenvalue weighted by Crippen LogP contribution is 2.04. The molecule has 1 aromatic heterocycles. The Morgan fingerprint density at radius 3 is 2.83 bits per heavy atom. The van der Waals surface area contributed by atoms with E-state index in [0.717, 1.165) is 43.5 Å². The van der Waals surface area contributed by atoms with Gasteiger partial charge in [-0.3, -0.25) is 9.78 Å². The van der Waals surface area contributed by atoms with E-state index in [1.165, 1.54) is 0 Å². The summed E-state index contributed by atoms with van der Waals surface area (Å²) in [5.74, 6) is -0.0688. The summed E-state index contributed by atoms with van der Waals surface area (Å²) in [5, 5.41) is 0. The van der Waals surface area contributed by atoms with Gasteiger partial charge in [-0.05, 0) is 38.3 Å². The molecule has 1 aromatic rings. The maximum absolute atomic E-state index is 11.3. The van der Waals surface area contributed by atoms with E-state index in [1.807, 2.05) is 25.1 Å². The van der Waals surface area contributed by atoms with Gasteiger partial charge in [0.15, 0.2) is 0 Å². The maximum Gasteiger partial charge on any atom is 0.305 e. The molecular weight excluding hydrogens is 226 g/mol. The Bertz CT molecular complexity index is 363. The van der Waals surface area contributed by atoms with Crippen molar-refractivity contribution in [2.45, 2.75) is 52.4 Å². The average Bonchev–Trinajstić information content (AvgIpc) is 2.35. The van der Waals surface area contributed by atoms with Gasteiger partial charge in [0.05, 0.1) is 6.61 Å². The predicted octanol–water partition coefficient (Wildman–Crippen LogP) is 3.45. The molecule has 0 fully saturated rings. The van der Waals surface area contributed by atoms with E-state index in [2.05, 4.69) is 11.9 Å². The van der Waals surface area contributed by atoms with Crippen LogP contribution in [0.2, 0.25) is 0 Å². The summed E-state index contributed by atoms with van der Waals surface area (Å²) in [6, 6.07) is 6.00. The van der Waals surface area contributed by atoms with Crippen LogP contribution in [0, 0.1) is 6.92 Å². The molecule has 1 heterocycles. The Hall–Kier alpha value is -1.38. The van der Waals surface area contributed by atoms with Crippen LogP contribution in [0.5, 0.6) is 0 Å². The van der Waals surface area contributed by atoms with Crippen molar-refractivity contribution in [2.24, 2.45) is 0 Å². The van der Waals surface area contributed by atoms with Crippen molar-refractivity contribution in [3.05, 3.63) is 29.6 Å². The molecule has 1 rings (SSSR count). The van der Waals surface area contributed by atoms with Gasteiger partial charge in [0, 0.05) is 17.8 Å². The lowest BCUT2D eigenvalue weighted by Crippen LogP contribution is -2.06. The van der Waals surface area contributed by atoms with E-state index >= 15 is 0 Å². The van der Waals surface area contributed by atoms with E-state index in [0.29, 0.717) is 13.0 Å². The Kier molecular flexibility index (Phi) is 7.07. The minimum atomic E-state index is -0.0688. The number of hydrogen-bond acceptors (Lipinski definition) is 3. The Labute approximate surface area is 110 Å². The standard InChI is InChI=1S/C15H23NO2/c1-3-4-5-11-15(17)18-12-7-10-14-9-6-8-13(2)16-14/h6,8-9H,3-5,7,10-12H2,1-2H3. The lowest BCUT2D eigenvalue weighted by atomic mass is 10.2. The minimum absolute atomic E-state index is 0.0688. The smallest absolute Gasteiger partial charge is 0.305 e. The van der Waals surface area contributed by atoms with Crippen LogP contribution in [0.3, 0.4) is 0 Å². The number of esters is 1. The molecule has 0 spiro atoms. The molecule has 100 valence electrons. The maximum atomic E-state index is 11.3. The zero-order valence-electron chi connectivity index (χ0n) is 11.4. The first-order chi connectivity index (χ1) is 8.72. The fourth-order valence-corrected chi connectivity index (χ4v) is 1.77. The Morgan fingerprint density at radius 1 is 1.28 bits per heavy atom. The second-order valence-corrected chi connectivity index (χ2v) is 4.55. The highest BCUT2D eigenvalue weighted by Gasteiger charge is 2.02. The molecule has 0 N–H and O–H groups in total. The van der Waals surface area contributed by atoms with Gasteiger partial charge in [0.25, 0.3) is 0 Å². The number of carbonyl (C=O) groups excluding carboxylic acids is 1. The van der Waals surface area contributed by atoms with E-state index in [9.17, 15) is 4.79 Å². The Balaban J connectivity index is 2.09. The number of aromatic nitrogens is 1. The van der Waals surface area contributed by atoms with Gasteiger partial charge in [-0.25, -0.2) is 0 Å². The molecule has 0 saturated heterocycles. The molecule has 0 atom stereocenters. The molecule has 0 radical (unpaired) electrons. The number of carbonyl (C=O) groups is 1. The van der Waals surface area contributed by atoms with Crippen LogP contribution in [0.15, 0.2) is 18.2 Å². The quantitative estimate of drug-likeness (QED) is 0.523. The second-order valence-electron chi connectivity index (χ2n) is 4.55. The van der Waals surface area contributed by atoms with Crippen LogP contribution in [0.1, 0.15) is 50.4 Å². The van der Waals surface area contributed by atoms with Gasteiger partial charge in [-0.2, -0.15) is 0 Å². The second kappa shape index (κ2) is 8.67. The highest BCUT2D eigenvalue weighted by atomic mass is 16.5. The van der Waals surface area contributed by atoms with Crippen molar-refractivity contribution >= 4 is 5.97 Å². The van der Waals surface area contributed by atoms with Gasteiger partial charge in [0.2, 0.25) is 0 Å². The van der Waals surface area contributed by atoms with Crippen LogP contribution < -0.4 is 0 Å². The van der Waals surface area contributed by atoms with Gasteiger partial charge < -0.3 is 4.74 Å². The molecule has 0 aliphatic heterocycles. The molecule has 0 amide bonds. The zero-order valence-corrected chi connectivity index (χ0v) is 11.4. The summed E-state index contributed by atoms with van der Waals surface area (Å²) in [7, 11) is 0. The van der Waals surface area contributed by atoms with Crippen LogP contribution in [-0.2, 0) is 16.0 Å². The molecular formula is C15H23NO2. The molecule has 0 aliphatic rings. The lowest BCUT2D eigenvalue weighted by molar-refractivity contribution is -0.143. The van der Waals surface area contributed by atoms with Crippen LogP contribution in [-0.4, -0.2) is 17.6 Å². The fraction of sp³-hybridized carbons (Fsp3) is 0.600. The van der Waals surface area contributed by atoms with Gasteiger partial charge >= 0.3 is 5.97 Å². The van der Waals surface area contributed by atoms with Crippen molar-refractivity contribution in [2.75, 3.05) is 6.61 Å². The molecule has 0 unspecified atom stereocenters. The number of nitrogens with zero attached hydrogens (tertiary/aromatic N) is 1. The first-order valence-electron chi connectivity index (χ1n) is 6.80. The molecule has 18 heavy (non-hydrogen) atoms. The summed E-state index contributed by atoms with van der Waals surface area (Å²) in [5.41, 5.74) is 2.10. The van der Waals surface area contributed by atoms with Crippen molar-refractivity contribution in [3.63, 3.8) is 0 Å². The van der Waals surface area contributed by atoms with Gasteiger partial charge in [0.1, 0.15) is 0 Å². The zero-order chi connectivity index (χ0) is 13.2. The molecule has 0 aliphatic carbocycles. The summed E-state index contributed by atoms with van der Waals surface area (Å²) < 4.78 is 5.17. The van der Waals surface area contributed by atoms with E-state index in [-0.39, 0.29) is 5.97 Å². The van der Waals surface area contributed by atoms with Gasteiger partial charge in [-0.15, -0.1) is 0 Å². The summed E-state index contributed by atoms with van der Waals surface area (Å²) >= 11 is 0. The average molecular weight is 249 g/mol. The van der Waals surface area contributed by atoms with E-state index in [1.54, 1.807) is 0 Å².